The molecule has 2 aliphatic rings. The first-order valence-corrected chi connectivity index (χ1v) is 14.1. The van der Waals surface area contributed by atoms with Crippen LogP contribution in [0, 0.1) is 24.5 Å². The molecule has 0 aromatic heterocycles. The molecule has 2 bridgehead atoms. The fourth-order valence-electron chi connectivity index (χ4n) is 5.45. The van der Waals surface area contributed by atoms with Gasteiger partial charge < -0.3 is 10.2 Å². The van der Waals surface area contributed by atoms with Gasteiger partial charge in [-0.3, -0.25) is 9.59 Å². The maximum atomic E-state index is 15.6. The molecule has 12 heteroatoms. The summed E-state index contributed by atoms with van der Waals surface area (Å²) in [6.45, 7) is 3.30. The molecule has 2 aromatic rings. The third-order valence-corrected chi connectivity index (χ3v) is 8.07. The van der Waals surface area contributed by atoms with Gasteiger partial charge in [-0.1, -0.05) is 6.92 Å². The van der Waals surface area contributed by atoms with Crippen LogP contribution in [0.1, 0.15) is 54.1 Å². The first-order valence-electron chi connectivity index (χ1n) is 12.2. The van der Waals surface area contributed by atoms with Gasteiger partial charge in [-0.15, -0.1) is 0 Å². The molecule has 4 rings (SSSR count). The molecule has 4 atom stereocenters. The van der Waals surface area contributed by atoms with Gasteiger partial charge in [0.1, 0.15) is 11.6 Å². The minimum Gasteiger partial charge on any atom is -0.331 e. The van der Waals surface area contributed by atoms with E-state index in [1.54, 1.807) is 0 Å². The molecule has 2 fully saturated rings. The minimum absolute atomic E-state index is 0.161. The van der Waals surface area contributed by atoms with Gasteiger partial charge >= 0.3 is 5.92 Å². The van der Waals surface area contributed by atoms with Gasteiger partial charge in [0.05, 0.1) is 11.8 Å². The standard InChI is InChI=1S/C26H29F4N3O4S/c1-14-4-7-19-12-18(32-38(3,36)37)13-23(14)33(19)25(35)26(29,30)20-11-16(5-8-22(20)28)24(34)31-17-6-9-21(27)15(2)10-17/h5-6,8-11,14,18-19,23,32H,4,7,12-13H2,1-3H3,(H,31,34)/t14-,18-,19+,23?/m0/s1. The van der Waals surface area contributed by atoms with E-state index in [9.17, 15) is 26.8 Å². The summed E-state index contributed by atoms with van der Waals surface area (Å²) in [6, 6.07) is 4.37. The van der Waals surface area contributed by atoms with Crippen molar-refractivity contribution in [2.75, 3.05) is 11.6 Å². The summed E-state index contributed by atoms with van der Waals surface area (Å²) in [6.07, 6.45) is 2.43. The van der Waals surface area contributed by atoms with Crippen molar-refractivity contribution in [3.8, 4) is 0 Å². The second kappa shape index (κ2) is 10.3. The average Bonchev–Trinajstić information content (AvgIpc) is 2.82. The van der Waals surface area contributed by atoms with Crippen LogP contribution < -0.4 is 10.0 Å². The Kier molecular flexibility index (Phi) is 7.59. The third-order valence-electron chi connectivity index (χ3n) is 7.31. The Hall–Kier alpha value is -2.99. The number of carbonyl (C=O) groups is 2. The zero-order valence-electron chi connectivity index (χ0n) is 21.1. The maximum absolute atomic E-state index is 15.6. The molecule has 7 nitrogen and oxygen atoms in total. The quantitative estimate of drug-likeness (QED) is 0.519. The molecule has 0 aliphatic carbocycles. The predicted octanol–water partition coefficient (Wildman–Crippen LogP) is 4.32. The maximum Gasteiger partial charge on any atom is 0.352 e. The molecule has 206 valence electrons. The van der Waals surface area contributed by atoms with E-state index in [-0.39, 0.29) is 35.6 Å². The molecule has 38 heavy (non-hydrogen) atoms. The summed E-state index contributed by atoms with van der Waals surface area (Å²) in [5, 5.41) is 2.45. The highest BCUT2D eigenvalue weighted by Gasteiger charge is 2.53. The highest BCUT2D eigenvalue weighted by molar-refractivity contribution is 7.88. The summed E-state index contributed by atoms with van der Waals surface area (Å²) in [5.41, 5.74) is -1.06. The van der Waals surface area contributed by atoms with Gasteiger partial charge in [-0.05, 0) is 80.5 Å². The van der Waals surface area contributed by atoms with Crippen molar-refractivity contribution in [2.24, 2.45) is 5.92 Å². The smallest absolute Gasteiger partial charge is 0.331 e. The molecule has 0 saturated carbocycles. The van der Waals surface area contributed by atoms with Crippen molar-refractivity contribution in [2.45, 2.75) is 63.6 Å². The molecule has 1 unspecified atom stereocenters. The van der Waals surface area contributed by atoms with Gasteiger partial charge in [-0.2, -0.15) is 8.78 Å². The summed E-state index contributed by atoms with van der Waals surface area (Å²) >= 11 is 0. The number of aryl methyl sites for hydroxylation is 1. The van der Waals surface area contributed by atoms with Crippen LogP contribution >= 0.6 is 0 Å². The first kappa shape index (κ1) is 28.0. The number of piperidine rings is 2. The van der Waals surface area contributed by atoms with E-state index in [1.165, 1.54) is 19.1 Å². The molecule has 2 aromatic carbocycles. The minimum atomic E-state index is -4.28. The fraction of sp³-hybridized carbons (Fsp3) is 0.462. The predicted molar refractivity (Wildman–Crippen MR) is 133 cm³/mol. The number of fused-ring (bicyclic) bond motifs is 2. The van der Waals surface area contributed by atoms with Crippen molar-refractivity contribution < 1.29 is 35.6 Å². The van der Waals surface area contributed by atoms with E-state index in [0.29, 0.717) is 25.0 Å². The number of rotatable bonds is 6. The molecular weight excluding hydrogens is 526 g/mol. The normalized spacial score (nSPS) is 23.7. The van der Waals surface area contributed by atoms with Crippen molar-refractivity contribution >= 4 is 27.5 Å². The number of alkyl halides is 2. The summed E-state index contributed by atoms with van der Waals surface area (Å²) in [7, 11) is -3.53. The van der Waals surface area contributed by atoms with E-state index < -0.39 is 63.1 Å². The van der Waals surface area contributed by atoms with E-state index in [1.807, 2.05) is 6.92 Å². The molecular formula is C26H29F4N3O4S. The van der Waals surface area contributed by atoms with Crippen molar-refractivity contribution in [3.05, 3.63) is 64.7 Å². The Labute approximate surface area is 218 Å². The zero-order chi connectivity index (χ0) is 28.0. The largest absolute Gasteiger partial charge is 0.352 e. The van der Waals surface area contributed by atoms with E-state index >= 15 is 8.78 Å². The molecule has 2 heterocycles. The van der Waals surface area contributed by atoms with Gasteiger partial charge in [0, 0.05) is 29.4 Å². The van der Waals surface area contributed by atoms with Crippen molar-refractivity contribution in [1.29, 1.82) is 0 Å². The topological polar surface area (TPSA) is 95.6 Å². The van der Waals surface area contributed by atoms with Gasteiger partial charge in [0.2, 0.25) is 10.0 Å². The second-order valence-corrected chi connectivity index (χ2v) is 12.0. The number of halogens is 4. The van der Waals surface area contributed by atoms with Crippen LogP contribution in [0.25, 0.3) is 0 Å². The molecule has 0 spiro atoms. The number of nitrogens with zero attached hydrogens (tertiary/aromatic N) is 1. The molecule has 2 saturated heterocycles. The second-order valence-electron chi connectivity index (χ2n) is 10.2. The van der Waals surface area contributed by atoms with Crippen molar-refractivity contribution in [3.63, 3.8) is 0 Å². The molecule has 2 N–H and O–H groups in total. The number of anilines is 1. The van der Waals surface area contributed by atoms with E-state index in [2.05, 4.69) is 10.0 Å². The molecule has 2 aliphatic heterocycles. The lowest BCUT2D eigenvalue weighted by Crippen LogP contribution is -2.63. The first-order chi connectivity index (χ1) is 17.7. The SMILES string of the molecule is Cc1cc(NC(=O)c2ccc(F)c(C(F)(F)C(=O)N3C4C[C@@H](NS(C)(=O)=O)C[C@H]3CC[C@@H]4C)c2)ccc1F. The Morgan fingerprint density at radius 1 is 1.03 bits per heavy atom. The Balaban J connectivity index is 1.60. The highest BCUT2D eigenvalue weighted by Crippen LogP contribution is 2.42. The van der Waals surface area contributed by atoms with Gasteiger partial charge in [0.25, 0.3) is 11.8 Å². The Morgan fingerprint density at radius 2 is 1.71 bits per heavy atom. The van der Waals surface area contributed by atoms with Crippen LogP contribution in [0.5, 0.6) is 0 Å². The average molecular weight is 556 g/mol. The monoisotopic (exact) mass is 555 g/mol. The highest BCUT2D eigenvalue weighted by atomic mass is 32.2. The van der Waals surface area contributed by atoms with Crippen molar-refractivity contribution in [1.82, 2.24) is 9.62 Å². The number of carbonyl (C=O) groups excluding carboxylic acids is 2. The van der Waals surface area contributed by atoms with E-state index in [0.717, 1.165) is 23.3 Å². The van der Waals surface area contributed by atoms with Crippen LogP contribution in [-0.4, -0.2) is 49.5 Å². The number of benzene rings is 2. The summed E-state index contributed by atoms with van der Waals surface area (Å²) < 4.78 is 85.5. The van der Waals surface area contributed by atoms with E-state index in [4.69, 9.17) is 0 Å². The summed E-state index contributed by atoms with van der Waals surface area (Å²) in [4.78, 5) is 27.1. The Bertz CT molecular complexity index is 1370. The molecule has 0 radical (unpaired) electrons. The molecule has 2 amide bonds. The van der Waals surface area contributed by atoms with Gasteiger partial charge in [0.15, 0.2) is 0 Å². The van der Waals surface area contributed by atoms with Crippen LogP contribution in [0.4, 0.5) is 23.2 Å². The number of amides is 2. The number of hydrogen-bond donors (Lipinski definition) is 2. The zero-order valence-corrected chi connectivity index (χ0v) is 21.9. The lowest BCUT2D eigenvalue weighted by molar-refractivity contribution is -0.172. The van der Waals surface area contributed by atoms with Crippen LogP contribution in [-0.2, 0) is 20.7 Å². The number of hydrogen-bond acceptors (Lipinski definition) is 4. The third kappa shape index (κ3) is 5.70. The summed E-state index contributed by atoms with van der Waals surface area (Å²) in [5.74, 6) is -8.69. The fourth-order valence-corrected chi connectivity index (χ4v) is 6.25. The van der Waals surface area contributed by atoms with Crippen LogP contribution in [0.2, 0.25) is 0 Å². The van der Waals surface area contributed by atoms with Crippen LogP contribution in [0.3, 0.4) is 0 Å². The van der Waals surface area contributed by atoms with Gasteiger partial charge in [-0.25, -0.2) is 21.9 Å². The Morgan fingerprint density at radius 3 is 2.37 bits per heavy atom. The number of nitrogens with one attached hydrogen (secondary N) is 2. The number of sulfonamides is 1. The lowest BCUT2D eigenvalue weighted by Gasteiger charge is -2.52. The lowest BCUT2D eigenvalue weighted by atomic mass is 9.76. The van der Waals surface area contributed by atoms with Crippen LogP contribution in [0.15, 0.2) is 36.4 Å².